The number of fused-ring (bicyclic) bond motifs is 2. The SMILES string of the molecule is CC[C@H](C)[C@H](NC(=O)[C@@H](N)CCCN=C(N)N)C(=O)N1CCCN(C(=O)[C@H](Cc2ccccc2)NC(=O)[C@@H](N)CCCCN)Cc2cc(cc(C(N)=O)c2)CN(C(=O)[C@H](Cc2ccc(O)cc2)NC(=O)[C@@H](N)Cc2cnc[nH]2)CCC1. The van der Waals surface area contributed by atoms with Gasteiger partial charge < -0.3 is 80.9 Å². The summed E-state index contributed by atoms with van der Waals surface area (Å²) in [6.45, 7) is 4.44. The van der Waals surface area contributed by atoms with Crippen LogP contribution in [-0.4, -0.2) is 153 Å². The van der Waals surface area contributed by atoms with Gasteiger partial charge in [0.15, 0.2) is 5.96 Å². The van der Waals surface area contributed by atoms with E-state index in [1.54, 1.807) is 46.3 Å². The lowest BCUT2D eigenvalue weighted by molar-refractivity contribution is -0.139. The van der Waals surface area contributed by atoms with Crippen molar-refractivity contribution in [3.63, 3.8) is 0 Å². The highest BCUT2D eigenvalue weighted by Crippen LogP contribution is 2.21. The Kier molecular flexibility index (Phi) is 25.5. The largest absolute Gasteiger partial charge is 0.508 e. The maximum absolute atomic E-state index is 15.3. The summed E-state index contributed by atoms with van der Waals surface area (Å²) in [4.78, 5) is 116. The van der Waals surface area contributed by atoms with E-state index in [2.05, 4.69) is 30.9 Å². The Bertz CT molecular complexity index is 2710. The molecule has 0 aliphatic carbocycles. The molecule has 0 radical (unpaired) electrons. The Morgan fingerprint density at radius 3 is 1.72 bits per heavy atom. The van der Waals surface area contributed by atoms with Gasteiger partial charge in [-0.2, -0.15) is 0 Å². The van der Waals surface area contributed by atoms with Gasteiger partial charge in [0.1, 0.15) is 23.9 Å². The molecule has 440 valence electrons. The summed E-state index contributed by atoms with van der Waals surface area (Å²) in [5.41, 5.74) is 44.8. The third kappa shape index (κ3) is 20.6. The quantitative estimate of drug-likeness (QED) is 0.0222. The van der Waals surface area contributed by atoms with E-state index in [1.807, 2.05) is 44.2 Å². The summed E-state index contributed by atoms with van der Waals surface area (Å²) in [6, 6.07) is 14.0. The zero-order chi connectivity index (χ0) is 59.0. The van der Waals surface area contributed by atoms with Gasteiger partial charge in [0.25, 0.3) is 0 Å². The molecular formula is C57H84N16O8. The minimum absolute atomic E-state index is 0.00116. The van der Waals surface area contributed by atoms with Gasteiger partial charge in [0.05, 0.1) is 24.5 Å². The average molecular weight is 1120 g/mol. The molecule has 1 aromatic heterocycles. The van der Waals surface area contributed by atoms with Gasteiger partial charge in [-0.1, -0.05) is 75.2 Å². The van der Waals surface area contributed by atoms with Crippen molar-refractivity contribution in [1.29, 1.82) is 0 Å². The van der Waals surface area contributed by atoms with Crippen LogP contribution in [0.15, 0.2) is 90.3 Å². The second-order valence-electron chi connectivity index (χ2n) is 20.8. The molecule has 7 atom stereocenters. The summed E-state index contributed by atoms with van der Waals surface area (Å²) in [6.07, 6.45) is 6.34. The number of unbranched alkanes of at least 4 members (excludes halogenated alkanes) is 1. The van der Waals surface area contributed by atoms with Crippen molar-refractivity contribution in [3.05, 3.63) is 119 Å². The molecule has 1 aliphatic heterocycles. The smallest absolute Gasteiger partial charge is 0.248 e. The van der Waals surface area contributed by atoms with Gasteiger partial charge in [-0.3, -0.25) is 38.6 Å². The molecule has 0 fully saturated rings. The maximum atomic E-state index is 15.3. The molecule has 1 aliphatic rings. The third-order valence-corrected chi connectivity index (χ3v) is 14.3. The molecule has 0 saturated carbocycles. The first-order valence-corrected chi connectivity index (χ1v) is 27.8. The molecule has 5 rings (SSSR count). The first kappa shape index (κ1) is 63.9. The first-order chi connectivity index (χ1) is 38.8. The lowest BCUT2D eigenvalue weighted by atomic mass is 9.96. The van der Waals surface area contributed by atoms with Crippen molar-refractivity contribution in [2.75, 3.05) is 39.3 Å². The number of amides is 7. The molecule has 0 spiro atoms. The summed E-state index contributed by atoms with van der Waals surface area (Å²) in [5, 5.41) is 18.8. The number of guanidine groups is 1. The predicted octanol–water partition coefficient (Wildman–Crippen LogP) is -0.113. The highest BCUT2D eigenvalue weighted by Gasteiger charge is 2.34. The van der Waals surface area contributed by atoms with Gasteiger partial charge in [0.2, 0.25) is 41.4 Å². The molecule has 7 amide bonds. The summed E-state index contributed by atoms with van der Waals surface area (Å²) in [5.74, 6) is -4.30. The number of hydrogen-bond acceptors (Lipinski definition) is 14. The van der Waals surface area contributed by atoms with Crippen molar-refractivity contribution < 1.29 is 38.7 Å². The molecular weight excluding hydrogens is 1040 g/mol. The van der Waals surface area contributed by atoms with E-state index in [4.69, 9.17) is 40.1 Å². The first-order valence-electron chi connectivity index (χ1n) is 27.8. The minimum atomic E-state index is -1.21. The summed E-state index contributed by atoms with van der Waals surface area (Å²) >= 11 is 0. The number of imidazole rings is 1. The summed E-state index contributed by atoms with van der Waals surface area (Å²) in [7, 11) is 0. The molecule has 3 aromatic carbocycles. The number of hydrogen-bond donors (Lipinski definition) is 12. The number of nitrogens with one attached hydrogen (secondary N) is 4. The number of phenols is 1. The zero-order valence-electron chi connectivity index (χ0n) is 46.6. The molecule has 0 unspecified atom stereocenters. The second-order valence-corrected chi connectivity index (χ2v) is 20.8. The van der Waals surface area contributed by atoms with Crippen LogP contribution in [0.2, 0.25) is 0 Å². The number of carbonyl (C=O) groups excluding carboxylic acids is 7. The number of aliphatic imine (C=N–C) groups is 1. The number of rotatable bonds is 26. The number of aromatic amines is 1. The lowest BCUT2D eigenvalue weighted by Gasteiger charge is -2.34. The number of benzene rings is 3. The van der Waals surface area contributed by atoms with E-state index in [0.717, 1.165) is 5.56 Å². The summed E-state index contributed by atoms with van der Waals surface area (Å²) < 4.78 is 0. The number of nitrogens with zero attached hydrogens (tertiary/aromatic N) is 5. The highest BCUT2D eigenvalue weighted by molar-refractivity contribution is 5.94. The predicted molar refractivity (Wildman–Crippen MR) is 308 cm³/mol. The van der Waals surface area contributed by atoms with Crippen LogP contribution in [-0.2, 0) is 61.1 Å². The third-order valence-electron chi connectivity index (χ3n) is 14.3. The van der Waals surface area contributed by atoms with Crippen molar-refractivity contribution in [1.82, 2.24) is 40.6 Å². The van der Waals surface area contributed by atoms with Crippen LogP contribution < -0.4 is 56.1 Å². The Morgan fingerprint density at radius 2 is 1.20 bits per heavy atom. The average Bonchev–Trinajstić information content (AvgIpc) is 3.99. The standard InChI is InChI=1S/C57H84N16O8/c1-3-36(2)49(70-52(77)45(60)15-9-21-66-57(63)64)56(81)71-22-10-24-72(54(79)47(29-37-12-5-4-6-13-37)68-51(76)44(59)14-7-8-20-58)33-39-26-40(28-41(27-39)50(62)75)34-73(25-11-23-71)55(80)48(30-38-16-18-43(74)19-17-38)69-53(78)46(61)31-42-32-65-35-67-42/h4-6,12-13,16-19,26-28,32,35-36,44-49,74H,3,7-11,14-15,20-25,29-31,33-34,58-61H2,1-2H3,(H2,62,75)(H,65,67)(H,68,76)(H,69,78)(H,70,77)(H4,63,64,66)/t36-,44-,45-,46-,47-,48-,49-/m0/s1. The van der Waals surface area contributed by atoms with Crippen LogP contribution in [0, 0.1) is 5.92 Å². The van der Waals surface area contributed by atoms with E-state index in [-0.39, 0.29) is 108 Å². The van der Waals surface area contributed by atoms with E-state index in [0.29, 0.717) is 61.0 Å². The van der Waals surface area contributed by atoms with Crippen LogP contribution >= 0.6 is 0 Å². The molecule has 81 heavy (non-hydrogen) atoms. The Balaban J connectivity index is 1.58. The van der Waals surface area contributed by atoms with Gasteiger partial charge in [-0.25, -0.2) is 4.98 Å². The van der Waals surface area contributed by atoms with Gasteiger partial charge >= 0.3 is 0 Å². The number of aromatic nitrogens is 2. The number of carbonyl (C=O) groups is 7. The Hall–Kier alpha value is -7.93. The Morgan fingerprint density at radius 1 is 0.667 bits per heavy atom. The topological polar surface area (TPSA) is 409 Å². The lowest BCUT2D eigenvalue weighted by Crippen LogP contribution is -2.56. The van der Waals surface area contributed by atoms with Crippen molar-refractivity contribution >= 4 is 47.3 Å². The molecule has 24 nitrogen and oxygen atoms in total. The van der Waals surface area contributed by atoms with Crippen LogP contribution in [0.3, 0.4) is 0 Å². The van der Waals surface area contributed by atoms with Crippen LogP contribution in [0.1, 0.15) is 104 Å². The molecule has 19 N–H and O–H groups in total. The number of nitrogens with two attached hydrogens (primary N) is 7. The van der Waals surface area contributed by atoms with Gasteiger partial charge in [-0.05, 0) is 97.5 Å². The number of primary amides is 1. The number of phenolic OH excluding ortho intramolecular Hbond substituents is 1. The van der Waals surface area contributed by atoms with Crippen LogP contribution in [0.25, 0.3) is 0 Å². The van der Waals surface area contributed by atoms with Crippen LogP contribution in [0.5, 0.6) is 5.75 Å². The molecule has 2 bridgehead atoms. The normalized spacial score (nSPS) is 15.8. The molecule has 4 aromatic rings. The van der Waals surface area contributed by atoms with Gasteiger partial charge in [0, 0.05) is 82.5 Å². The fourth-order valence-electron chi connectivity index (χ4n) is 9.57. The van der Waals surface area contributed by atoms with Crippen molar-refractivity contribution in [2.45, 2.75) is 134 Å². The zero-order valence-corrected chi connectivity index (χ0v) is 46.6. The molecule has 2 heterocycles. The minimum Gasteiger partial charge on any atom is -0.508 e. The van der Waals surface area contributed by atoms with E-state index < -0.39 is 77.6 Å². The fourth-order valence-corrected chi connectivity index (χ4v) is 9.57. The Labute approximate surface area is 473 Å². The number of aromatic hydroxyl groups is 1. The van der Waals surface area contributed by atoms with Gasteiger partial charge in [-0.15, -0.1) is 0 Å². The van der Waals surface area contributed by atoms with Crippen molar-refractivity contribution in [3.8, 4) is 5.75 Å². The van der Waals surface area contributed by atoms with E-state index in [9.17, 15) is 24.3 Å². The molecule has 24 heteroatoms. The number of H-pyrrole nitrogens is 1. The van der Waals surface area contributed by atoms with Crippen LogP contribution in [0.4, 0.5) is 0 Å². The van der Waals surface area contributed by atoms with Crippen molar-refractivity contribution in [2.24, 2.45) is 51.0 Å². The highest BCUT2D eigenvalue weighted by atomic mass is 16.3. The van der Waals surface area contributed by atoms with E-state index >= 15 is 14.4 Å². The monoisotopic (exact) mass is 1120 g/mol. The molecule has 0 saturated heterocycles. The fraction of sp³-hybridized carbons (Fsp3) is 0.491. The van der Waals surface area contributed by atoms with E-state index in [1.165, 1.54) is 23.4 Å². The second kappa shape index (κ2) is 32.4. The maximum Gasteiger partial charge on any atom is 0.248 e.